The van der Waals surface area contributed by atoms with E-state index in [2.05, 4.69) is 12.2 Å². The second-order valence-corrected chi connectivity index (χ2v) is 4.77. The molecule has 4 nitrogen and oxygen atoms in total. The molecule has 2 unspecified atom stereocenters. The van der Waals surface area contributed by atoms with Crippen LogP contribution in [0.2, 0.25) is 0 Å². The van der Waals surface area contributed by atoms with Gasteiger partial charge >= 0.3 is 0 Å². The first-order valence-electron chi connectivity index (χ1n) is 6.14. The van der Waals surface area contributed by atoms with Gasteiger partial charge in [-0.2, -0.15) is 0 Å². The Morgan fingerprint density at radius 2 is 2.19 bits per heavy atom. The van der Waals surface area contributed by atoms with E-state index in [4.69, 9.17) is 4.74 Å². The molecule has 1 aliphatic rings. The zero-order chi connectivity index (χ0) is 12.0. The lowest BCUT2D eigenvalue weighted by molar-refractivity contribution is -0.129. The molecule has 0 aromatic carbocycles. The van der Waals surface area contributed by atoms with Gasteiger partial charge < -0.3 is 15.0 Å². The monoisotopic (exact) mass is 228 g/mol. The van der Waals surface area contributed by atoms with Crippen molar-refractivity contribution in [3.8, 4) is 0 Å². The molecule has 94 valence electrons. The maximum Gasteiger partial charge on any atom is 0.222 e. The van der Waals surface area contributed by atoms with Crippen LogP contribution in [0.15, 0.2) is 0 Å². The highest BCUT2D eigenvalue weighted by molar-refractivity contribution is 5.75. The fraction of sp³-hybridized carbons (Fsp3) is 0.917. The molecule has 0 aromatic rings. The first-order valence-corrected chi connectivity index (χ1v) is 6.14. The predicted octanol–water partition coefficient (Wildman–Crippen LogP) is 1.01. The van der Waals surface area contributed by atoms with Crippen LogP contribution in [0, 0.1) is 0 Å². The van der Waals surface area contributed by atoms with Gasteiger partial charge in [0.25, 0.3) is 0 Å². The smallest absolute Gasteiger partial charge is 0.222 e. The van der Waals surface area contributed by atoms with E-state index in [1.807, 2.05) is 0 Å². The molecule has 1 fully saturated rings. The lowest BCUT2D eigenvalue weighted by atomic mass is 10.0. The molecule has 0 bridgehead atoms. The number of carbonyl (C=O) groups excluding carboxylic acids is 1. The molecule has 1 aliphatic heterocycles. The molecular formula is C12H24N2O2. The van der Waals surface area contributed by atoms with Crippen LogP contribution < -0.4 is 5.32 Å². The second-order valence-electron chi connectivity index (χ2n) is 4.77. The second kappa shape index (κ2) is 6.86. The Hall–Kier alpha value is -0.610. The Morgan fingerprint density at radius 1 is 1.44 bits per heavy atom. The lowest BCUT2D eigenvalue weighted by Crippen LogP contribution is -2.41. The van der Waals surface area contributed by atoms with Gasteiger partial charge in [0.2, 0.25) is 5.91 Å². The summed E-state index contributed by atoms with van der Waals surface area (Å²) in [5, 5.41) is 3.40. The molecule has 1 heterocycles. The first kappa shape index (κ1) is 13.5. The van der Waals surface area contributed by atoms with Crippen molar-refractivity contribution in [2.75, 3.05) is 27.2 Å². The summed E-state index contributed by atoms with van der Waals surface area (Å²) in [6, 6.07) is 0.621. The maximum absolute atomic E-state index is 11.3. The largest absolute Gasteiger partial charge is 0.377 e. The van der Waals surface area contributed by atoms with E-state index in [0.717, 1.165) is 19.4 Å². The van der Waals surface area contributed by atoms with Gasteiger partial charge in [0.05, 0.1) is 6.10 Å². The van der Waals surface area contributed by atoms with Gasteiger partial charge in [-0.25, -0.2) is 0 Å². The number of hydrogen-bond donors (Lipinski definition) is 1. The van der Waals surface area contributed by atoms with Crippen LogP contribution in [-0.2, 0) is 9.53 Å². The minimum Gasteiger partial charge on any atom is -0.377 e. The van der Waals surface area contributed by atoms with Crippen molar-refractivity contribution >= 4 is 5.91 Å². The average molecular weight is 228 g/mol. The van der Waals surface area contributed by atoms with E-state index in [1.54, 1.807) is 19.0 Å². The molecule has 0 aromatic heterocycles. The average Bonchev–Trinajstić information content (AvgIpc) is 2.26. The van der Waals surface area contributed by atoms with Gasteiger partial charge in [0.15, 0.2) is 0 Å². The zero-order valence-corrected chi connectivity index (χ0v) is 10.7. The number of carbonyl (C=O) groups is 1. The topological polar surface area (TPSA) is 41.6 Å². The highest BCUT2D eigenvalue weighted by Gasteiger charge is 2.17. The van der Waals surface area contributed by atoms with Crippen molar-refractivity contribution in [1.29, 1.82) is 0 Å². The van der Waals surface area contributed by atoms with Gasteiger partial charge in [-0.1, -0.05) is 0 Å². The third kappa shape index (κ3) is 4.94. The maximum atomic E-state index is 11.3. The zero-order valence-electron chi connectivity index (χ0n) is 10.7. The van der Waals surface area contributed by atoms with Crippen LogP contribution >= 0.6 is 0 Å². The number of nitrogens with one attached hydrogen (secondary N) is 1. The third-order valence-electron chi connectivity index (χ3n) is 3.00. The minimum absolute atomic E-state index is 0.180. The van der Waals surface area contributed by atoms with Crippen LogP contribution in [0.3, 0.4) is 0 Å². The quantitative estimate of drug-likeness (QED) is 0.714. The fourth-order valence-electron chi connectivity index (χ4n) is 1.81. The minimum atomic E-state index is 0.180. The Balaban J connectivity index is 2.01. The number of nitrogens with zero attached hydrogens (tertiary/aromatic N) is 1. The molecule has 0 saturated carbocycles. The van der Waals surface area contributed by atoms with Crippen LogP contribution in [0.1, 0.15) is 32.6 Å². The molecule has 0 radical (unpaired) electrons. The summed E-state index contributed by atoms with van der Waals surface area (Å²) in [6.07, 6.45) is 4.06. The summed E-state index contributed by atoms with van der Waals surface area (Å²) >= 11 is 0. The van der Waals surface area contributed by atoms with E-state index >= 15 is 0 Å². The van der Waals surface area contributed by atoms with Crippen LogP contribution in [0.4, 0.5) is 0 Å². The van der Waals surface area contributed by atoms with E-state index < -0.39 is 0 Å². The third-order valence-corrected chi connectivity index (χ3v) is 3.00. The molecule has 1 amide bonds. The van der Waals surface area contributed by atoms with Gasteiger partial charge in [-0.05, 0) is 26.2 Å². The van der Waals surface area contributed by atoms with Crippen molar-refractivity contribution in [1.82, 2.24) is 10.2 Å². The Bertz CT molecular complexity index is 211. The highest BCUT2D eigenvalue weighted by atomic mass is 16.5. The Kier molecular flexibility index (Phi) is 5.77. The molecule has 2 atom stereocenters. The number of rotatable bonds is 5. The van der Waals surface area contributed by atoms with E-state index in [1.165, 1.54) is 6.42 Å². The summed E-state index contributed by atoms with van der Waals surface area (Å²) in [5.74, 6) is 0.180. The van der Waals surface area contributed by atoms with Crippen LogP contribution in [-0.4, -0.2) is 50.2 Å². The highest BCUT2D eigenvalue weighted by Crippen LogP contribution is 2.11. The van der Waals surface area contributed by atoms with Crippen LogP contribution in [0.25, 0.3) is 0 Å². The number of ether oxygens (including phenoxy) is 1. The normalized spacial score (nSPS) is 25.4. The van der Waals surface area contributed by atoms with Crippen LogP contribution in [0.5, 0.6) is 0 Å². The molecule has 0 aliphatic carbocycles. The molecule has 16 heavy (non-hydrogen) atoms. The summed E-state index contributed by atoms with van der Waals surface area (Å²) in [5.41, 5.74) is 0. The van der Waals surface area contributed by atoms with E-state index in [0.29, 0.717) is 25.2 Å². The summed E-state index contributed by atoms with van der Waals surface area (Å²) in [4.78, 5) is 12.9. The first-order chi connectivity index (χ1) is 7.59. The SMILES string of the molecule is CC1CCC(OCCCC(=O)N(C)C)CN1. The molecule has 1 saturated heterocycles. The molecule has 1 N–H and O–H groups in total. The van der Waals surface area contributed by atoms with E-state index in [9.17, 15) is 4.79 Å². The molecular weight excluding hydrogens is 204 g/mol. The van der Waals surface area contributed by atoms with Gasteiger partial charge in [0.1, 0.15) is 0 Å². The lowest BCUT2D eigenvalue weighted by Gasteiger charge is -2.27. The Morgan fingerprint density at radius 3 is 2.75 bits per heavy atom. The van der Waals surface area contributed by atoms with Gasteiger partial charge in [-0.3, -0.25) is 4.79 Å². The van der Waals surface area contributed by atoms with Gasteiger partial charge in [0, 0.05) is 39.7 Å². The summed E-state index contributed by atoms with van der Waals surface area (Å²) < 4.78 is 5.73. The number of piperidine rings is 1. The number of amides is 1. The molecule has 4 heteroatoms. The summed E-state index contributed by atoms with van der Waals surface area (Å²) in [6.45, 7) is 3.84. The van der Waals surface area contributed by atoms with Crippen molar-refractivity contribution in [2.45, 2.75) is 44.8 Å². The summed E-state index contributed by atoms with van der Waals surface area (Å²) in [7, 11) is 3.57. The van der Waals surface area contributed by atoms with E-state index in [-0.39, 0.29) is 5.91 Å². The number of hydrogen-bond acceptors (Lipinski definition) is 3. The predicted molar refractivity (Wildman–Crippen MR) is 64.4 cm³/mol. The standard InChI is InChI=1S/C12H24N2O2/c1-10-6-7-11(9-13-10)16-8-4-5-12(15)14(2)3/h10-11,13H,4-9H2,1-3H3. The molecule has 0 spiro atoms. The van der Waals surface area contributed by atoms with Crippen molar-refractivity contribution in [2.24, 2.45) is 0 Å². The Labute approximate surface area is 98.3 Å². The van der Waals surface area contributed by atoms with Crippen molar-refractivity contribution in [3.05, 3.63) is 0 Å². The van der Waals surface area contributed by atoms with Crippen molar-refractivity contribution in [3.63, 3.8) is 0 Å². The van der Waals surface area contributed by atoms with Gasteiger partial charge in [-0.15, -0.1) is 0 Å². The molecule has 1 rings (SSSR count). The fourth-order valence-corrected chi connectivity index (χ4v) is 1.81. The van der Waals surface area contributed by atoms with Crippen molar-refractivity contribution < 1.29 is 9.53 Å².